The molecular weight excluding hydrogens is 439 g/mol. The summed E-state index contributed by atoms with van der Waals surface area (Å²) in [5.41, 5.74) is 1.81. The molecule has 6 rings (SSSR count). The van der Waals surface area contributed by atoms with Gasteiger partial charge in [0.1, 0.15) is 17.8 Å². The van der Waals surface area contributed by atoms with Crippen LogP contribution in [0.5, 0.6) is 6.01 Å². The topological polar surface area (TPSA) is 51.1 Å². The van der Waals surface area contributed by atoms with E-state index in [4.69, 9.17) is 16.3 Å². The van der Waals surface area contributed by atoms with Crippen LogP contribution in [0.1, 0.15) is 31.4 Å². The van der Waals surface area contributed by atoms with Gasteiger partial charge in [-0.3, -0.25) is 9.88 Å². The summed E-state index contributed by atoms with van der Waals surface area (Å²) in [5, 5.41) is 2.85. The summed E-state index contributed by atoms with van der Waals surface area (Å²) in [6.07, 6.45) is 6.28. The van der Waals surface area contributed by atoms with E-state index in [9.17, 15) is 0 Å². The molecular formula is C26H24ClFN4O. The van der Waals surface area contributed by atoms with Crippen LogP contribution in [0.4, 0.5) is 4.39 Å². The van der Waals surface area contributed by atoms with Crippen molar-refractivity contribution >= 4 is 33.3 Å². The van der Waals surface area contributed by atoms with Crippen LogP contribution < -0.4 is 4.74 Å². The molecule has 0 saturated carbocycles. The minimum Gasteiger partial charge on any atom is -0.461 e. The van der Waals surface area contributed by atoms with Gasteiger partial charge in [-0.1, -0.05) is 41.9 Å². The van der Waals surface area contributed by atoms with Gasteiger partial charge in [0.25, 0.3) is 0 Å². The van der Waals surface area contributed by atoms with Crippen molar-refractivity contribution in [2.45, 2.75) is 38.1 Å². The number of benzene rings is 2. The van der Waals surface area contributed by atoms with Crippen LogP contribution in [0.3, 0.4) is 0 Å². The number of hydrogen-bond donors (Lipinski definition) is 0. The van der Waals surface area contributed by atoms with Crippen molar-refractivity contribution < 1.29 is 9.13 Å². The quantitative estimate of drug-likeness (QED) is 0.375. The maximum Gasteiger partial charge on any atom is 0.317 e. The van der Waals surface area contributed by atoms with Crippen molar-refractivity contribution in [3.8, 4) is 17.3 Å². The largest absolute Gasteiger partial charge is 0.461 e. The predicted molar refractivity (Wildman–Crippen MR) is 128 cm³/mol. The van der Waals surface area contributed by atoms with Crippen LogP contribution in [-0.2, 0) is 0 Å². The molecule has 2 aromatic heterocycles. The Morgan fingerprint density at radius 1 is 1.09 bits per heavy atom. The van der Waals surface area contributed by atoms with E-state index in [1.165, 1.54) is 12.8 Å². The van der Waals surface area contributed by atoms with Crippen molar-refractivity contribution in [1.29, 1.82) is 0 Å². The zero-order valence-corrected chi connectivity index (χ0v) is 19.2. The summed E-state index contributed by atoms with van der Waals surface area (Å²) < 4.78 is 22.0. The number of ether oxygens (including phenoxy) is 1. The number of nitrogens with zero attached hydrogens (tertiary/aromatic N) is 4. The van der Waals surface area contributed by atoms with Gasteiger partial charge in [-0.25, -0.2) is 4.39 Å². The first kappa shape index (κ1) is 20.8. The second-order valence-electron chi connectivity index (χ2n) is 9.13. The smallest absolute Gasteiger partial charge is 0.317 e. The van der Waals surface area contributed by atoms with Crippen LogP contribution >= 0.6 is 11.6 Å². The molecule has 0 atom stereocenters. The third kappa shape index (κ3) is 3.35. The maximum absolute atomic E-state index is 15.9. The molecule has 0 spiro atoms. The molecule has 0 aliphatic carbocycles. The van der Waals surface area contributed by atoms with Crippen LogP contribution in [0.2, 0.25) is 5.02 Å². The highest BCUT2D eigenvalue weighted by molar-refractivity contribution is 6.36. The first-order chi connectivity index (χ1) is 16.1. The molecule has 5 nitrogen and oxygen atoms in total. The molecule has 0 bridgehead atoms. The number of hydrogen-bond acceptors (Lipinski definition) is 5. The van der Waals surface area contributed by atoms with Crippen LogP contribution in [0.25, 0.3) is 32.9 Å². The van der Waals surface area contributed by atoms with E-state index >= 15 is 4.39 Å². The number of aromatic nitrogens is 3. The normalized spacial score (nSPS) is 17.7. The van der Waals surface area contributed by atoms with Gasteiger partial charge in [0.2, 0.25) is 0 Å². The SMILES string of the molecule is Cc1nc(OCC23CCCN2CCC3)nc2c(F)c(-c3cccc4cccc(Cl)c34)ncc12. The molecule has 4 heterocycles. The number of aryl methyl sites for hydroxylation is 1. The Labute approximate surface area is 196 Å². The fourth-order valence-electron chi connectivity index (χ4n) is 5.58. The third-order valence-corrected chi connectivity index (χ3v) is 7.56. The molecule has 33 heavy (non-hydrogen) atoms. The molecule has 2 aliphatic rings. The second kappa shape index (κ2) is 7.89. The van der Waals surface area contributed by atoms with Crippen molar-refractivity contribution in [1.82, 2.24) is 19.9 Å². The van der Waals surface area contributed by atoms with E-state index in [1.54, 1.807) is 12.3 Å². The minimum atomic E-state index is -0.489. The molecule has 0 unspecified atom stereocenters. The van der Waals surface area contributed by atoms with E-state index in [1.807, 2.05) is 37.3 Å². The second-order valence-corrected chi connectivity index (χ2v) is 9.53. The Morgan fingerprint density at radius 2 is 1.85 bits per heavy atom. The Kier molecular flexibility index (Phi) is 4.96. The van der Waals surface area contributed by atoms with E-state index < -0.39 is 5.82 Å². The first-order valence-corrected chi connectivity index (χ1v) is 11.8. The van der Waals surface area contributed by atoms with Gasteiger partial charge < -0.3 is 4.74 Å². The Morgan fingerprint density at radius 3 is 2.64 bits per heavy atom. The lowest BCUT2D eigenvalue weighted by Gasteiger charge is -2.31. The summed E-state index contributed by atoms with van der Waals surface area (Å²) >= 11 is 6.48. The van der Waals surface area contributed by atoms with Gasteiger partial charge in [0, 0.05) is 27.6 Å². The third-order valence-electron chi connectivity index (χ3n) is 7.24. The average Bonchev–Trinajstić information content (AvgIpc) is 3.39. The van der Waals surface area contributed by atoms with Crippen molar-refractivity contribution in [3.63, 3.8) is 0 Å². The fourth-order valence-corrected chi connectivity index (χ4v) is 5.86. The zero-order valence-electron chi connectivity index (χ0n) is 18.4. The highest BCUT2D eigenvalue weighted by Gasteiger charge is 2.45. The summed E-state index contributed by atoms with van der Waals surface area (Å²) in [6.45, 7) is 4.62. The Hall–Kier alpha value is -2.83. The number of fused-ring (bicyclic) bond motifs is 3. The lowest BCUT2D eigenvalue weighted by Crippen LogP contribution is -2.43. The Balaban J connectivity index is 1.42. The molecule has 2 aromatic carbocycles. The maximum atomic E-state index is 15.9. The monoisotopic (exact) mass is 462 g/mol. The van der Waals surface area contributed by atoms with Crippen LogP contribution in [0, 0.1) is 12.7 Å². The van der Waals surface area contributed by atoms with E-state index in [-0.39, 0.29) is 22.8 Å². The van der Waals surface area contributed by atoms with Crippen molar-refractivity contribution in [3.05, 3.63) is 59.1 Å². The van der Waals surface area contributed by atoms with Gasteiger partial charge in [0.15, 0.2) is 5.82 Å². The van der Waals surface area contributed by atoms with Gasteiger partial charge in [-0.15, -0.1) is 0 Å². The predicted octanol–water partition coefficient (Wildman–Crippen LogP) is 5.95. The zero-order chi connectivity index (χ0) is 22.6. The molecule has 2 fully saturated rings. The lowest BCUT2D eigenvalue weighted by molar-refractivity contribution is 0.107. The number of halogens is 2. The molecule has 0 radical (unpaired) electrons. The molecule has 0 N–H and O–H groups in total. The van der Waals surface area contributed by atoms with E-state index in [0.29, 0.717) is 28.3 Å². The molecule has 4 aromatic rings. The highest BCUT2D eigenvalue weighted by Crippen LogP contribution is 2.39. The van der Waals surface area contributed by atoms with E-state index in [2.05, 4.69) is 19.9 Å². The van der Waals surface area contributed by atoms with Gasteiger partial charge >= 0.3 is 6.01 Å². The molecule has 7 heteroatoms. The minimum absolute atomic E-state index is 0.0773. The number of rotatable bonds is 4. The fraction of sp³-hybridized carbons (Fsp3) is 0.346. The summed E-state index contributed by atoms with van der Waals surface area (Å²) in [6, 6.07) is 11.5. The summed E-state index contributed by atoms with van der Waals surface area (Å²) in [7, 11) is 0. The standard InChI is InChI=1S/C26H24ClFN4O/c1-16-19-14-29-23(18-8-2-6-17-7-3-9-20(27)21(17)18)22(28)24(19)31-25(30-16)33-15-26-10-4-12-32(26)13-5-11-26/h2-3,6-9,14H,4-5,10-13,15H2,1H3. The van der Waals surface area contributed by atoms with Gasteiger partial charge in [-0.05, 0) is 57.1 Å². The highest BCUT2D eigenvalue weighted by atomic mass is 35.5. The van der Waals surface area contributed by atoms with Gasteiger partial charge in [-0.2, -0.15) is 9.97 Å². The summed E-state index contributed by atoms with van der Waals surface area (Å²) in [5.74, 6) is -0.489. The molecule has 2 saturated heterocycles. The van der Waals surface area contributed by atoms with Crippen LogP contribution in [0.15, 0.2) is 42.6 Å². The van der Waals surface area contributed by atoms with Crippen molar-refractivity contribution in [2.24, 2.45) is 0 Å². The average molecular weight is 463 g/mol. The number of pyridine rings is 1. The van der Waals surface area contributed by atoms with Crippen LogP contribution in [-0.4, -0.2) is 45.1 Å². The van der Waals surface area contributed by atoms with Gasteiger partial charge in [0.05, 0.1) is 11.2 Å². The first-order valence-electron chi connectivity index (χ1n) is 11.4. The Bertz CT molecular complexity index is 1380. The lowest BCUT2D eigenvalue weighted by atomic mass is 9.95. The molecule has 2 aliphatic heterocycles. The van der Waals surface area contributed by atoms with E-state index in [0.717, 1.165) is 36.7 Å². The summed E-state index contributed by atoms with van der Waals surface area (Å²) in [4.78, 5) is 16.0. The molecule has 0 amide bonds. The van der Waals surface area contributed by atoms with Crippen molar-refractivity contribution in [2.75, 3.05) is 19.7 Å². The molecule has 168 valence electrons.